The number of carbonyl (C=O) groups is 1. The van der Waals surface area contributed by atoms with Gasteiger partial charge in [0.2, 0.25) is 11.5 Å². The number of amides is 1. The van der Waals surface area contributed by atoms with Gasteiger partial charge in [0.25, 0.3) is 5.91 Å². The Hall–Kier alpha value is -3.61. The molecule has 0 saturated carbocycles. The second-order valence-corrected chi connectivity index (χ2v) is 10.1. The number of likely N-dealkylation sites (N-methyl/N-ethyl adjacent to an activating group) is 1. The van der Waals surface area contributed by atoms with Gasteiger partial charge in [0.15, 0.2) is 0 Å². The van der Waals surface area contributed by atoms with Gasteiger partial charge in [-0.2, -0.15) is 22.0 Å². The number of benzene rings is 2. The quantitative estimate of drug-likeness (QED) is 0.429. The minimum absolute atomic E-state index is 0.000567. The van der Waals surface area contributed by atoms with Crippen LogP contribution in [0.2, 0.25) is 0 Å². The van der Waals surface area contributed by atoms with E-state index in [-0.39, 0.29) is 22.5 Å². The largest absolute Gasteiger partial charge is 0.416 e. The Morgan fingerprint density at radius 3 is 2.21 bits per heavy atom. The molecule has 3 heterocycles. The third kappa shape index (κ3) is 4.52. The molecule has 39 heavy (non-hydrogen) atoms. The molecule has 1 fully saturated rings. The van der Waals surface area contributed by atoms with Gasteiger partial charge in [-0.05, 0) is 49.4 Å². The summed E-state index contributed by atoms with van der Waals surface area (Å²) in [7, 11) is 3.17. The fraction of sp³-hybridized carbons (Fsp3) is 0.423. The van der Waals surface area contributed by atoms with E-state index in [0.29, 0.717) is 33.1 Å². The standard InChI is InChI=1S/C26H26F6N6O/c1-24(27,25(28,29)23-34-33-15-36(23)3)16-5-4-6-17(11-16)38-14-20-19(22(38)39)12-18(13-21(20)26(30,31)32)37-9-7-35(2)8-10-37/h4-6,11-13,15H,7-10,14H2,1-3H3. The summed E-state index contributed by atoms with van der Waals surface area (Å²) < 4.78 is 89.5. The summed E-state index contributed by atoms with van der Waals surface area (Å²) in [5.41, 5.74) is -4.69. The lowest BCUT2D eigenvalue weighted by molar-refractivity contribution is -0.149. The summed E-state index contributed by atoms with van der Waals surface area (Å²) in [6.07, 6.45) is -3.70. The predicted molar refractivity (Wildman–Crippen MR) is 131 cm³/mol. The first-order valence-electron chi connectivity index (χ1n) is 12.2. The van der Waals surface area contributed by atoms with Gasteiger partial charge in [-0.15, -0.1) is 10.2 Å². The van der Waals surface area contributed by atoms with Crippen LogP contribution in [0.25, 0.3) is 0 Å². The summed E-state index contributed by atoms with van der Waals surface area (Å²) in [4.78, 5) is 18.3. The van der Waals surface area contributed by atoms with Crippen LogP contribution < -0.4 is 9.80 Å². The van der Waals surface area contributed by atoms with Crippen molar-refractivity contribution >= 4 is 17.3 Å². The number of aryl methyl sites for hydroxylation is 1. The van der Waals surface area contributed by atoms with Gasteiger partial charge in [0.05, 0.1) is 12.1 Å². The Kier molecular flexibility index (Phi) is 6.40. The van der Waals surface area contributed by atoms with Crippen molar-refractivity contribution in [2.45, 2.75) is 31.2 Å². The van der Waals surface area contributed by atoms with Crippen molar-refractivity contribution in [1.29, 1.82) is 0 Å². The number of hydrogen-bond acceptors (Lipinski definition) is 5. The van der Waals surface area contributed by atoms with Gasteiger partial charge in [-0.1, -0.05) is 12.1 Å². The number of anilines is 2. The normalized spacial score (nSPS) is 18.4. The van der Waals surface area contributed by atoms with Crippen molar-refractivity contribution in [3.8, 4) is 0 Å². The number of alkyl halides is 6. The molecule has 3 aromatic rings. The molecule has 2 aliphatic heterocycles. The minimum Gasteiger partial charge on any atom is -0.369 e. The van der Waals surface area contributed by atoms with Gasteiger partial charge in [0.1, 0.15) is 6.33 Å². The molecule has 0 radical (unpaired) electrons. The smallest absolute Gasteiger partial charge is 0.369 e. The zero-order valence-electron chi connectivity index (χ0n) is 21.4. The molecule has 2 aromatic carbocycles. The van der Waals surface area contributed by atoms with E-state index >= 15 is 13.2 Å². The van der Waals surface area contributed by atoms with Crippen molar-refractivity contribution in [3.63, 3.8) is 0 Å². The number of fused-ring (bicyclic) bond motifs is 1. The monoisotopic (exact) mass is 552 g/mol. The fourth-order valence-corrected chi connectivity index (χ4v) is 5.03. The summed E-state index contributed by atoms with van der Waals surface area (Å²) in [5.74, 6) is -5.71. The van der Waals surface area contributed by atoms with Gasteiger partial charge in [0, 0.05) is 50.2 Å². The summed E-state index contributed by atoms with van der Waals surface area (Å²) in [5, 5.41) is 6.74. The van der Waals surface area contributed by atoms with Crippen molar-refractivity contribution < 1.29 is 31.1 Å². The molecule has 7 nitrogen and oxygen atoms in total. The van der Waals surface area contributed by atoms with E-state index in [4.69, 9.17) is 0 Å². The molecule has 0 N–H and O–H groups in total. The second-order valence-electron chi connectivity index (χ2n) is 10.1. The van der Waals surface area contributed by atoms with Crippen molar-refractivity contribution in [2.75, 3.05) is 43.0 Å². The van der Waals surface area contributed by atoms with E-state index in [1.54, 1.807) is 4.90 Å². The summed E-state index contributed by atoms with van der Waals surface area (Å²) in [6, 6.07) is 7.35. The summed E-state index contributed by atoms with van der Waals surface area (Å²) >= 11 is 0. The van der Waals surface area contributed by atoms with Crippen molar-refractivity contribution in [2.24, 2.45) is 7.05 Å². The third-order valence-electron chi connectivity index (χ3n) is 7.48. The third-order valence-corrected chi connectivity index (χ3v) is 7.48. The molecule has 1 aromatic heterocycles. The molecule has 0 aliphatic carbocycles. The molecule has 1 unspecified atom stereocenters. The maximum absolute atomic E-state index is 15.8. The highest BCUT2D eigenvalue weighted by Gasteiger charge is 2.57. The van der Waals surface area contributed by atoms with E-state index in [1.807, 2.05) is 7.05 Å². The molecule has 0 spiro atoms. The highest BCUT2D eigenvalue weighted by molar-refractivity contribution is 6.11. The molecule has 13 heteroatoms. The number of carbonyl (C=O) groups excluding carboxylic acids is 1. The fourth-order valence-electron chi connectivity index (χ4n) is 5.03. The maximum atomic E-state index is 15.8. The molecule has 1 atom stereocenters. The number of aromatic nitrogens is 3. The highest BCUT2D eigenvalue weighted by Crippen LogP contribution is 2.48. The second kappa shape index (κ2) is 9.25. The van der Waals surface area contributed by atoms with Crippen LogP contribution in [0.4, 0.5) is 37.7 Å². The highest BCUT2D eigenvalue weighted by atomic mass is 19.4. The van der Waals surface area contributed by atoms with Crippen LogP contribution in [0.1, 0.15) is 39.8 Å². The number of piperazine rings is 1. The van der Waals surface area contributed by atoms with Crippen LogP contribution in [-0.2, 0) is 31.4 Å². The number of nitrogens with zero attached hydrogens (tertiary/aromatic N) is 6. The lowest BCUT2D eigenvalue weighted by Crippen LogP contribution is -2.44. The van der Waals surface area contributed by atoms with Crippen LogP contribution in [0.15, 0.2) is 42.7 Å². The average Bonchev–Trinajstić information content (AvgIpc) is 3.46. The molecule has 5 rings (SSSR count). The van der Waals surface area contributed by atoms with E-state index in [9.17, 15) is 18.0 Å². The Bertz CT molecular complexity index is 1410. The topological polar surface area (TPSA) is 57.5 Å². The van der Waals surface area contributed by atoms with E-state index in [1.165, 1.54) is 25.2 Å². The molecule has 208 valence electrons. The summed E-state index contributed by atoms with van der Waals surface area (Å²) in [6.45, 7) is 2.57. The zero-order chi connectivity index (χ0) is 28.3. The molecule has 2 aliphatic rings. The van der Waals surface area contributed by atoms with Gasteiger partial charge in [-0.3, -0.25) is 4.79 Å². The predicted octanol–water partition coefficient (Wildman–Crippen LogP) is 4.72. The molecule has 1 amide bonds. The van der Waals surface area contributed by atoms with E-state index in [2.05, 4.69) is 15.1 Å². The number of hydrogen-bond donors (Lipinski definition) is 0. The lowest BCUT2D eigenvalue weighted by Gasteiger charge is -2.34. The minimum atomic E-state index is -4.72. The van der Waals surface area contributed by atoms with E-state index in [0.717, 1.165) is 34.0 Å². The first kappa shape index (κ1) is 27.0. The van der Waals surface area contributed by atoms with E-state index < -0.39 is 47.2 Å². The molecule has 1 saturated heterocycles. The average molecular weight is 553 g/mol. The maximum Gasteiger partial charge on any atom is 0.416 e. The van der Waals surface area contributed by atoms with Gasteiger partial charge in [-0.25, -0.2) is 4.39 Å². The SMILES string of the molecule is CN1CCN(c2cc3c(c(C(F)(F)F)c2)CN(c2cccc(C(C)(F)C(F)(F)c4nncn4C)c2)C3=O)CC1. The molecular weight excluding hydrogens is 526 g/mol. The number of rotatable bonds is 5. The Morgan fingerprint density at radius 2 is 1.59 bits per heavy atom. The molecule has 0 bridgehead atoms. The Labute approximate surface area is 220 Å². The van der Waals surface area contributed by atoms with Gasteiger partial charge >= 0.3 is 12.1 Å². The molecular formula is C26H26F6N6O. The van der Waals surface area contributed by atoms with Crippen LogP contribution in [0.5, 0.6) is 0 Å². The van der Waals surface area contributed by atoms with Gasteiger partial charge < -0.3 is 19.3 Å². The zero-order valence-corrected chi connectivity index (χ0v) is 21.4. The van der Waals surface area contributed by atoms with Crippen LogP contribution >= 0.6 is 0 Å². The Balaban J connectivity index is 1.51. The Morgan fingerprint density at radius 1 is 0.897 bits per heavy atom. The lowest BCUT2D eigenvalue weighted by atomic mass is 9.90. The van der Waals surface area contributed by atoms with Crippen molar-refractivity contribution in [3.05, 3.63) is 70.8 Å². The van der Waals surface area contributed by atoms with Crippen LogP contribution in [0, 0.1) is 0 Å². The first-order valence-corrected chi connectivity index (χ1v) is 12.2. The number of halogens is 6. The van der Waals surface area contributed by atoms with Crippen molar-refractivity contribution in [1.82, 2.24) is 19.7 Å². The van der Waals surface area contributed by atoms with Crippen LogP contribution in [-0.4, -0.2) is 58.8 Å². The first-order chi connectivity index (χ1) is 18.2. The van der Waals surface area contributed by atoms with Crippen LogP contribution in [0.3, 0.4) is 0 Å².